The van der Waals surface area contributed by atoms with Crippen LogP contribution in [0.15, 0.2) is 11.0 Å². The van der Waals surface area contributed by atoms with E-state index in [1.54, 1.807) is 15.4 Å². The van der Waals surface area contributed by atoms with E-state index < -0.39 is 20.2 Å². The fourth-order valence-corrected chi connectivity index (χ4v) is 7.08. The maximum atomic E-state index is 13.6. The van der Waals surface area contributed by atoms with E-state index in [4.69, 9.17) is 4.52 Å². The predicted octanol–water partition coefficient (Wildman–Crippen LogP) is 3.01. The number of aryl methyl sites for hydroxylation is 2. The first-order valence-electron chi connectivity index (χ1n) is 11.9. The summed E-state index contributed by atoms with van der Waals surface area (Å²) in [5.74, 6) is 1.60. The molecule has 1 N–H and O–H groups in total. The molecule has 6 rings (SSSR count). The summed E-state index contributed by atoms with van der Waals surface area (Å²) in [4.78, 5) is 27.2. The third-order valence-electron chi connectivity index (χ3n) is 7.77. The Hall–Kier alpha value is -0.210. The number of carbonyl (C=O) groups excluding carboxylic acids is 1. The zero-order valence-electron chi connectivity index (χ0n) is 18.8. The number of amides is 1. The summed E-state index contributed by atoms with van der Waals surface area (Å²) in [6, 6.07) is 0. The van der Waals surface area contributed by atoms with Gasteiger partial charge in [-0.25, -0.2) is 4.57 Å². The number of aromatic nitrogens is 3. The topological polar surface area (TPSA) is 95.2 Å². The predicted molar refractivity (Wildman–Crippen MR) is 135 cm³/mol. The number of rotatable bonds is 8. The van der Waals surface area contributed by atoms with Crippen molar-refractivity contribution in [1.29, 1.82) is 0 Å². The number of fused-ring (bicyclic) bond motifs is 1. The van der Waals surface area contributed by atoms with Crippen LogP contribution in [-0.2, 0) is 17.7 Å². The van der Waals surface area contributed by atoms with Gasteiger partial charge in [0.05, 0.1) is 5.52 Å². The van der Waals surface area contributed by atoms with Gasteiger partial charge in [-0.15, -0.1) is 0 Å². The van der Waals surface area contributed by atoms with Crippen molar-refractivity contribution in [2.75, 3.05) is 0 Å². The van der Waals surface area contributed by atoms with Crippen molar-refractivity contribution in [3.05, 3.63) is 22.1 Å². The van der Waals surface area contributed by atoms with Crippen LogP contribution in [0.4, 0.5) is 0 Å². The number of nitrogens with zero attached hydrogens (tertiary/aromatic N) is 3. The van der Waals surface area contributed by atoms with Crippen molar-refractivity contribution in [3.63, 3.8) is 0 Å². The molecule has 8 nitrogen and oxygen atoms in total. The summed E-state index contributed by atoms with van der Waals surface area (Å²) >= 11 is 0. The minimum atomic E-state index is -0.616. The molecule has 34 heavy (non-hydrogen) atoms. The molecule has 176 valence electrons. The number of hydrogen-bond acceptors (Lipinski definition) is 5. The first kappa shape index (κ1) is 28.4. The van der Waals surface area contributed by atoms with E-state index in [0.29, 0.717) is 41.9 Å². The van der Waals surface area contributed by atoms with Crippen molar-refractivity contribution in [2.45, 2.75) is 83.8 Å². The van der Waals surface area contributed by atoms with Crippen LogP contribution in [0.1, 0.15) is 75.6 Å². The first-order chi connectivity index (χ1) is 15.5. The second kappa shape index (κ2) is 11.5. The minimum absolute atomic E-state index is 0. The van der Waals surface area contributed by atoms with Gasteiger partial charge in [0.15, 0.2) is 16.8 Å². The van der Waals surface area contributed by atoms with Gasteiger partial charge in [0, 0.05) is 24.8 Å². The first-order valence-corrected chi connectivity index (χ1v) is 12.7. The van der Waals surface area contributed by atoms with Gasteiger partial charge in [0.25, 0.3) is 11.5 Å². The van der Waals surface area contributed by atoms with Crippen LogP contribution in [0, 0.1) is 17.8 Å². The quantitative estimate of drug-likeness (QED) is 0.439. The fraction of sp³-hybridized carbons (Fsp3) is 0.696. The van der Waals surface area contributed by atoms with Crippen molar-refractivity contribution in [3.8, 4) is 5.75 Å². The van der Waals surface area contributed by atoms with Crippen LogP contribution in [0.5, 0.6) is 5.75 Å². The summed E-state index contributed by atoms with van der Waals surface area (Å²) in [6.07, 6.45) is 10.3. The molecule has 4 aliphatic rings. The number of hydrogen-bond donors (Lipinski definition) is 1. The van der Waals surface area contributed by atoms with Gasteiger partial charge in [-0.3, -0.25) is 14.3 Å². The standard InChI is InChI=1S/C23H31N4O4P.2Na.2H/c1-3-5-6-27-17-13-26(4-2)25-19(17)20(31-32-30)18(22(27)29)21(28)24-23-10-14-7-15(11-23)9-16(8-14)12-23;;;;/h13-16H,3-12H2,1-2H3,(H,24,28);;;;. The molecule has 2 aromatic heterocycles. The Morgan fingerprint density at radius 3 is 2.32 bits per heavy atom. The van der Waals surface area contributed by atoms with Gasteiger partial charge in [-0.05, 0) is 69.6 Å². The Bertz CT molecular complexity index is 1100. The Morgan fingerprint density at radius 2 is 1.79 bits per heavy atom. The zero-order valence-corrected chi connectivity index (χ0v) is 19.7. The molecule has 4 bridgehead atoms. The van der Waals surface area contributed by atoms with Crippen molar-refractivity contribution >= 4 is 84.7 Å². The van der Waals surface area contributed by atoms with Crippen LogP contribution in [0.2, 0.25) is 0 Å². The normalized spacial score (nSPS) is 26.8. The molecule has 11 heteroatoms. The second-order valence-electron chi connectivity index (χ2n) is 10.1. The van der Waals surface area contributed by atoms with Crippen LogP contribution in [0.3, 0.4) is 0 Å². The van der Waals surface area contributed by atoms with E-state index in [9.17, 15) is 14.2 Å². The molecule has 1 amide bonds. The average molecular weight is 506 g/mol. The van der Waals surface area contributed by atoms with Gasteiger partial charge < -0.3 is 14.4 Å². The number of pyridine rings is 1. The van der Waals surface area contributed by atoms with Crippen molar-refractivity contribution in [2.24, 2.45) is 17.8 Å². The summed E-state index contributed by atoms with van der Waals surface area (Å²) < 4.78 is 20.1. The number of carbonyl (C=O) groups is 1. The van der Waals surface area contributed by atoms with Gasteiger partial charge in [0.2, 0.25) is 0 Å². The monoisotopic (exact) mass is 506 g/mol. The molecule has 0 aliphatic heterocycles. The van der Waals surface area contributed by atoms with Gasteiger partial charge in [-0.2, -0.15) is 5.10 Å². The van der Waals surface area contributed by atoms with E-state index in [1.165, 1.54) is 19.3 Å². The Balaban J connectivity index is 0.00000162. The summed E-state index contributed by atoms with van der Waals surface area (Å²) in [7, 11) is -0.616. The third-order valence-corrected chi connectivity index (χ3v) is 8.02. The molecule has 2 aromatic rings. The van der Waals surface area contributed by atoms with Crippen LogP contribution >= 0.6 is 8.69 Å². The summed E-state index contributed by atoms with van der Waals surface area (Å²) in [5.41, 5.74) is 0.296. The summed E-state index contributed by atoms with van der Waals surface area (Å²) in [6.45, 7) is 5.12. The molecule has 0 aromatic carbocycles. The SMILES string of the molecule is CCCCn1c(=O)c(C(=O)NC23CC4CC(CC(C4)C2)C3)c(OP=O)c2nn(CC)cc21.[NaH].[NaH]. The number of nitrogens with one attached hydrogen (secondary N) is 1. The Kier molecular flexibility index (Phi) is 9.55. The molecule has 4 fully saturated rings. The van der Waals surface area contributed by atoms with E-state index in [-0.39, 0.29) is 76.0 Å². The van der Waals surface area contributed by atoms with E-state index in [0.717, 1.165) is 32.1 Å². The molecule has 4 saturated carbocycles. The van der Waals surface area contributed by atoms with E-state index >= 15 is 0 Å². The second-order valence-corrected chi connectivity index (χ2v) is 10.4. The molecule has 0 radical (unpaired) electrons. The van der Waals surface area contributed by atoms with Crippen LogP contribution < -0.4 is 15.4 Å². The van der Waals surface area contributed by atoms with Gasteiger partial charge in [0.1, 0.15) is 0 Å². The molecule has 0 saturated heterocycles. The van der Waals surface area contributed by atoms with Crippen LogP contribution in [0.25, 0.3) is 11.0 Å². The van der Waals surface area contributed by atoms with Crippen LogP contribution in [-0.4, -0.2) is 84.9 Å². The molecule has 2 heterocycles. The van der Waals surface area contributed by atoms with Crippen molar-refractivity contribution < 1.29 is 13.9 Å². The fourth-order valence-electron chi connectivity index (χ4n) is 6.82. The van der Waals surface area contributed by atoms with E-state index in [1.807, 2.05) is 6.92 Å². The molecular weight excluding hydrogens is 473 g/mol. The molecule has 4 aliphatic carbocycles. The average Bonchev–Trinajstić information content (AvgIpc) is 3.16. The molecule has 0 spiro atoms. The van der Waals surface area contributed by atoms with Gasteiger partial charge in [-0.1, -0.05) is 13.3 Å². The Labute approximate surface area is 245 Å². The summed E-state index contributed by atoms with van der Waals surface area (Å²) in [5, 5.41) is 7.82. The molecule has 0 atom stereocenters. The maximum absolute atomic E-state index is 13.6. The molecule has 0 unspecified atom stereocenters. The zero-order chi connectivity index (χ0) is 22.5. The third kappa shape index (κ3) is 5.11. The Morgan fingerprint density at radius 1 is 1.18 bits per heavy atom. The molecular formula is C23H33N4Na2O4P. The van der Waals surface area contributed by atoms with E-state index in [2.05, 4.69) is 17.3 Å². The number of unbranched alkanes of at least 4 members (excludes halogenated alkanes) is 1. The van der Waals surface area contributed by atoms with Gasteiger partial charge >= 0.3 is 67.8 Å². The van der Waals surface area contributed by atoms with Crippen molar-refractivity contribution in [1.82, 2.24) is 19.7 Å².